The molecule has 0 bridgehead atoms. The first-order chi connectivity index (χ1) is 13.3. The van der Waals surface area contributed by atoms with Gasteiger partial charge in [0, 0.05) is 12.7 Å². The number of sulfonamides is 1. The smallest absolute Gasteiger partial charge is 0.481 e. The van der Waals surface area contributed by atoms with Crippen LogP contribution in [0, 0.1) is 0 Å². The van der Waals surface area contributed by atoms with Gasteiger partial charge in [0.05, 0.1) is 11.9 Å². The first-order valence-corrected chi connectivity index (χ1v) is 10.1. The number of nitrogens with one attached hydrogen (secondary N) is 1. The fraction of sp³-hybridized carbons (Fsp3) is 0.278. The highest BCUT2D eigenvalue weighted by molar-refractivity contribution is 7.92. The monoisotopic (exact) mass is 432 g/mol. The molecule has 0 saturated heterocycles. The molecule has 2 aromatic rings. The number of hydrogen-bond donors (Lipinski definition) is 1. The molecule has 0 radical (unpaired) electrons. The third-order valence-electron chi connectivity index (χ3n) is 3.74. The summed E-state index contributed by atoms with van der Waals surface area (Å²) in [6.45, 7) is 1.49. The molecule has 1 N–H and O–H groups in total. The van der Waals surface area contributed by atoms with Gasteiger partial charge in [-0.2, -0.15) is 0 Å². The van der Waals surface area contributed by atoms with E-state index in [1.807, 2.05) is 0 Å². The molecule has 2 rings (SSSR count). The summed E-state index contributed by atoms with van der Waals surface area (Å²) in [4.78, 5) is 12.2. The van der Waals surface area contributed by atoms with Gasteiger partial charge >= 0.3 is 6.36 Å². The molecule has 0 aliphatic carbocycles. The maximum Gasteiger partial charge on any atom is 0.573 e. The van der Waals surface area contributed by atoms with Gasteiger partial charge in [-0.3, -0.25) is 9.10 Å². The summed E-state index contributed by atoms with van der Waals surface area (Å²) >= 11 is 0. The highest BCUT2D eigenvalue weighted by atomic mass is 32.2. The van der Waals surface area contributed by atoms with Crippen LogP contribution in [-0.4, -0.2) is 40.1 Å². The van der Waals surface area contributed by atoms with E-state index >= 15 is 0 Å². The minimum Gasteiger partial charge on any atom is -0.481 e. The van der Waals surface area contributed by atoms with Crippen LogP contribution >= 0.6 is 0 Å². The highest BCUT2D eigenvalue weighted by Crippen LogP contribution is 2.24. The molecule has 0 aliphatic rings. The number of hydrogen-bond acceptors (Lipinski definition) is 5. The van der Waals surface area contributed by atoms with Crippen molar-refractivity contribution < 1.29 is 35.9 Å². The van der Waals surface area contributed by atoms with Gasteiger partial charge in [-0.1, -0.05) is 0 Å². The zero-order chi connectivity index (χ0) is 21.8. The Morgan fingerprint density at radius 3 is 2.03 bits per heavy atom. The molecule has 0 spiro atoms. The molecule has 0 heterocycles. The number of alkyl halides is 3. The lowest BCUT2D eigenvalue weighted by molar-refractivity contribution is -0.274. The number of ether oxygens (including phenoxy) is 2. The molecule has 1 atom stereocenters. The van der Waals surface area contributed by atoms with Crippen LogP contribution in [0.1, 0.15) is 6.92 Å². The minimum atomic E-state index is -4.79. The summed E-state index contributed by atoms with van der Waals surface area (Å²) in [6, 6.07) is 10.8. The molecule has 0 aliphatic heterocycles. The van der Waals surface area contributed by atoms with Gasteiger partial charge in [-0.25, -0.2) is 8.42 Å². The first kappa shape index (κ1) is 22.3. The van der Waals surface area contributed by atoms with Gasteiger partial charge in [-0.15, -0.1) is 13.2 Å². The Labute approximate surface area is 166 Å². The lowest BCUT2D eigenvalue weighted by atomic mass is 10.2. The second-order valence-electron chi connectivity index (χ2n) is 6.05. The van der Waals surface area contributed by atoms with E-state index in [4.69, 9.17) is 4.74 Å². The van der Waals surface area contributed by atoms with E-state index in [9.17, 15) is 26.4 Å². The van der Waals surface area contributed by atoms with Crippen molar-refractivity contribution in [1.82, 2.24) is 0 Å². The Morgan fingerprint density at radius 1 is 1.03 bits per heavy atom. The average molecular weight is 432 g/mol. The summed E-state index contributed by atoms with van der Waals surface area (Å²) in [5, 5.41) is 2.51. The Kier molecular flexibility index (Phi) is 6.62. The number of benzene rings is 2. The largest absolute Gasteiger partial charge is 0.573 e. The van der Waals surface area contributed by atoms with Crippen molar-refractivity contribution in [2.75, 3.05) is 22.9 Å². The Morgan fingerprint density at radius 2 is 1.55 bits per heavy atom. The van der Waals surface area contributed by atoms with E-state index in [0.717, 1.165) is 22.7 Å². The normalized spacial score (nSPS) is 12.8. The van der Waals surface area contributed by atoms with Gasteiger partial charge in [-0.05, 0) is 55.5 Å². The zero-order valence-corrected chi connectivity index (χ0v) is 16.5. The SMILES string of the molecule is CC(Oc1ccc(N(C)S(C)(=O)=O)cc1)C(=O)Nc1ccc(OC(F)(F)F)cc1. The number of halogens is 3. The predicted octanol–water partition coefficient (Wildman–Crippen LogP) is 3.39. The van der Waals surface area contributed by atoms with Crippen LogP contribution in [-0.2, 0) is 14.8 Å². The standard InChI is InChI=1S/C18H19F3N2O5S/c1-12(27-15-10-6-14(7-11-15)23(2)29(3,25)26)17(24)22-13-4-8-16(9-5-13)28-18(19,20)21/h4-12H,1-3H3,(H,22,24). The molecule has 11 heteroatoms. The van der Waals surface area contributed by atoms with Crippen molar-refractivity contribution in [2.24, 2.45) is 0 Å². The van der Waals surface area contributed by atoms with E-state index in [1.54, 1.807) is 0 Å². The third kappa shape index (κ3) is 6.86. The maximum absolute atomic E-state index is 12.2. The van der Waals surface area contributed by atoms with Crippen LogP contribution in [0.15, 0.2) is 48.5 Å². The number of amides is 1. The molecule has 0 saturated carbocycles. The lowest BCUT2D eigenvalue weighted by Crippen LogP contribution is -2.30. The van der Waals surface area contributed by atoms with Crippen LogP contribution in [0.25, 0.3) is 0 Å². The van der Waals surface area contributed by atoms with E-state index in [1.165, 1.54) is 50.4 Å². The van der Waals surface area contributed by atoms with Gasteiger partial charge < -0.3 is 14.8 Å². The van der Waals surface area contributed by atoms with Crippen molar-refractivity contribution in [1.29, 1.82) is 0 Å². The number of carbonyl (C=O) groups excluding carboxylic acids is 1. The van der Waals surface area contributed by atoms with Crippen LogP contribution in [0.4, 0.5) is 24.5 Å². The van der Waals surface area contributed by atoms with Crippen LogP contribution in [0.2, 0.25) is 0 Å². The van der Waals surface area contributed by atoms with E-state index in [2.05, 4.69) is 10.1 Å². The molecule has 7 nitrogen and oxygen atoms in total. The van der Waals surface area contributed by atoms with E-state index in [-0.39, 0.29) is 5.69 Å². The molecule has 0 fully saturated rings. The van der Waals surface area contributed by atoms with Crippen molar-refractivity contribution in [2.45, 2.75) is 19.4 Å². The van der Waals surface area contributed by atoms with Crippen molar-refractivity contribution >= 4 is 27.3 Å². The third-order valence-corrected chi connectivity index (χ3v) is 4.94. The second-order valence-corrected chi connectivity index (χ2v) is 8.06. The minimum absolute atomic E-state index is 0.269. The Balaban J connectivity index is 1.95. The molecule has 2 aromatic carbocycles. The average Bonchev–Trinajstić information content (AvgIpc) is 2.61. The topological polar surface area (TPSA) is 84.9 Å². The summed E-state index contributed by atoms with van der Waals surface area (Å²) in [6.07, 6.45) is -4.63. The van der Waals surface area contributed by atoms with Gasteiger partial charge in [0.15, 0.2) is 6.10 Å². The Hall–Kier alpha value is -2.95. The van der Waals surface area contributed by atoms with Crippen molar-refractivity contribution in [3.63, 3.8) is 0 Å². The number of carbonyl (C=O) groups is 1. The first-order valence-electron chi connectivity index (χ1n) is 8.22. The summed E-state index contributed by atoms with van der Waals surface area (Å²) in [5.41, 5.74) is 0.697. The highest BCUT2D eigenvalue weighted by Gasteiger charge is 2.31. The second kappa shape index (κ2) is 8.60. The number of rotatable bonds is 7. The molecule has 158 valence electrons. The lowest BCUT2D eigenvalue weighted by Gasteiger charge is -2.18. The fourth-order valence-electron chi connectivity index (χ4n) is 2.17. The fourth-order valence-corrected chi connectivity index (χ4v) is 2.67. The van der Waals surface area contributed by atoms with Crippen LogP contribution in [0.3, 0.4) is 0 Å². The van der Waals surface area contributed by atoms with Gasteiger partial charge in [0.1, 0.15) is 11.5 Å². The van der Waals surface area contributed by atoms with Gasteiger partial charge in [0.25, 0.3) is 5.91 Å². The van der Waals surface area contributed by atoms with Crippen molar-refractivity contribution in [3.05, 3.63) is 48.5 Å². The summed E-state index contributed by atoms with van der Waals surface area (Å²) in [7, 11) is -1.99. The van der Waals surface area contributed by atoms with Crippen LogP contribution in [0.5, 0.6) is 11.5 Å². The predicted molar refractivity (Wildman–Crippen MR) is 102 cm³/mol. The molecule has 1 unspecified atom stereocenters. The molecule has 1 amide bonds. The van der Waals surface area contributed by atoms with Crippen LogP contribution < -0.4 is 19.1 Å². The molecule has 0 aromatic heterocycles. The Bertz CT molecular complexity index is 945. The summed E-state index contributed by atoms with van der Waals surface area (Å²) in [5.74, 6) is -0.585. The van der Waals surface area contributed by atoms with E-state index in [0.29, 0.717) is 11.4 Å². The maximum atomic E-state index is 12.2. The molecular formula is C18H19F3N2O5S. The summed E-state index contributed by atoms with van der Waals surface area (Å²) < 4.78 is 69.9. The quantitative estimate of drug-likeness (QED) is 0.725. The molecule has 29 heavy (non-hydrogen) atoms. The van der Waals surface area contributed by atoms with E-state index < -0.39 is 34.1 Å². The molecular weight excluding hydrogens is 413 g/mol. The van der Waals surface area contributed by atoms with Crippen molar-refractivity contribution in [3.8, 4) is 11.5 Å². The van der Waals surface area contributed by atoms with Gasteiger partial charge in [0.2, 0.25) is 10.0 Å². The number of nitrogens with zero attached hydrogens (tertiary/aromatic N) is 1. The zero-order valence-electron chi connectivity index (χ0n) is 15.7. The number of anilines is 2.